The molecule has 0 aromatic heterocycles. The van der Waals surface area contributed by atoms with Crippen LogP contribution in [0, 0.1) is 5.92 Å². The van der Waals surface area contributed by atoms with Gasteiger partial charge in [0, 0.05) is 5.92 Å². The molecule has 0 aromatic rings. The number of hydrogen-bond acceptors (Lipinski definition) is 4. The molecule has 1 aliphatic carbocycles. The van der Waals surface area contributed by atoms with Crippen molar-refractivity contribution >= 4 is 26.8 Å². The summed E-state index contributed by atoms with van der Waals surface area (Å²) in [7, 11) is -5.78. The van der Waals surface area contributed by atoms with Crippen LogP contribution in [0.25, 0.3) is 0 Å². The van der Waals surface area contributed by atoms with E-state index >= 15 is 0 Å². The van der Waals surface area contributed by atoms with Gasteiger partial charge in [0.2, 0.25) is 0 Å². The van der Waals surface area contributed by atoms with Gasteiger partial charge in [-0.2, -0.15) is 13.2 Å². The van der Waals surface area contributed by atoms with Gasteiger partial charge in [0.05, 0.1) is 12.5 Å². The van der Waals surface area contributed by atoms with Crippen molar-refractivity contribution in [1.82, 2.24) is 0 Å². The highest BCUT2D eigenvalue weighted by molar-refractivity contribution is 7.96. The number of halogens is 3. The molecule has 4 nitrogen and oxygen atoms in total. The average Bonchev–Trinajstić information content (AvgIpc) is 2.66. The molecular weight excluding hydrogens is 305 g/mol. The van der Waals surface area contributed by atoms with Crippen molar-refractivity contribution in [2.24, 2.45) is 5.92 Å². The summed E-state index contributed by atoms with van der Waals surface area (Å²) in [6.45, 7) is 0. The number of hydrogen-bond donors (Lipinski definition) is 0. The van der Waals surface area contributed by atoms with Crippen molar-refractivity contribution in [1.29, 1.82) is 0 Å². The van der Waals surface area contributed by atoms with Crippen molar-refractivity contribution in [2.75, 3.05) is 18.3 Å². The highest BCUT2D eigenvalue weighted by Gasteiger charge is 2.36. The number of alkyl halides is 3. The summed E-state index contributed by atoms with van der Waals surface area (Å²) in [4.78, 5) is 11.5. The Labute approximate surface area is 113 Å². The van der Waals surface area contributed by atoms with E-state index < -0.39 is 15.6 Å². The lowest BCUT2D eigenvalue weighted by Gasteiger charge is -2.08. The predicted molar refractivity (Wildman–Crippen MR) is 66.8 cm³/mol. The minimum absolute atomic E-state index is 0.309. The molecule has 0 saturated heterocycles. The summed E-state index contributed by atoms with van der Waals surface area (Å²) in [5.41, 5.74) is -5.65. The van der Waals surface area contributed by atoms with E-state index in [0.29, 0.717) is 22.6 Å². The summed E-state index contributed by atoms with van der Waals surface area (Å²) < 4.78 is 58.9. The maximum atomic E-state index is 11.5. The first-order chi connectivity index (χ1) is 8.45. The second-order valence-electron chi connectivity index (χ2n) is 4.48. The molecule has 0 aliphatic heterocycles. The Morgan fingerprint density at radius 1 is 1.26 bits per heavy atom. The summed E-state index contributed by atoms with van der Waals surface area (Å²) in [6, 6.07) is 0. The predicted octanol–water partition coefficient (Wildman–Crippen LogP) is 1.68. The lowest BCUT2D eigenvalue weighted by molar-refractivity contribution is -0.120. The largest absolute Gasteiger partial charge is 0.741 e. The molecule has 0 radical (unpaired) electrons. The van der Waals surface area contributed by atoms with Crippen LogP contribution < -0.4 is 0 Å². The van der Waals surface area contributed by atoms with Gasteiger partial charge in [-0.25, -0.2) is 8.42 Å². The van der Waals surface area contributed by atoms with E-state index in [1.54, 1.807) is 0 Å². The number of Topliss-reactive ketones (excluding diaryl/α,β-unsaturated/α-hetero) is 1. The average molecular weight is 322 g/mol. The number of carbonyl (C=O) groups is 1. The maximum Gasteiger partial charge on any atom is 0.485 e. The lowest BCUT2D eigenvalue weighted by Crippen LogP contribution is -2.21. The highest BCUT2D eigenvalue weighted by Crippen LogP contribution is 2.25. The molecule has 0 bridgehead atoms. The van der Waals surface area contributed by atoms with Crippen molar-refractivity contribution in [3.8, 4) is 0 Å². The number of carbonyl (C=O) groups excluding carboxylic acids is 1. The minimum atomic E-state index is -6.09. The second kappa shape index (κ2) is 7.49. The van der Waals surface area contributed by atoms with Crippen LogP contribution in [-0.2, 0) is 25.8 Å². The Balaban J connectivity index is 0.000000362. The van der Waals surface area contributed by atoms with Gasteiger partial charge in [-0.15, -0.1) is 0 Å². The molecule has 0 heterocycles. The van der Waals surface area contributed by atoms with Crippen LogP contribution in [0.5, 0.6) is 0 Å². The molecule has 0 aromatic carbocycles. The molecule has 114 valence electrons. The normalized spacial score (nSPS) is 17.2. The third-order valence-corrected chi connectivity index (χ3v) is 3.95. The Kier molecular flexibility index (Phi) is 7.38. The van der Waals surface area contributed by atoms with Gasteiger partial charge >= 0.3 is 5.51 Å². The molecule has 1 fully saturated rings. The molecular formula is C10H17F3O4S2. The third kappa shape index (κ3) is 7.78. The van der Waals surface area contributed by atoms with Gasteiger partial charge in [0.15, 0.2) is 21.7 Å². The lowest BCUT2D eigenvalue weighted by atomic mass is 10.0. The number of ketones is 1. The van der Waals surface area contributed by atoms with Crippen molar-refractivity contribution in [2.45, 2.75) is 31.2 Å². The Hall–Kier alpha value is -0.280. The van der Waals surface area contributed by atoms with Crippen molar-refractivity contribution in [3.63, 3.8) is 0 Å². The monoisotopic (exact) mass is 322 g/mol. The maximum absolute atomic E-state index is 11.5. The van der Waals surface area contributed by atoms with Crippen LogP contribution in [0.15, 0.2) is 0 Å². The van der Waals surface area contributed by atoms with Gasteiger partial charge < -0.3 is 4.55 Å². The van der Waals surface area contributed by atoms with E-state index in [1.807, 2.05) is 0 Å². The van der Waals surface area contributed by atoms with E-state index in [0.717, 1.165) is 18.6 Å². The van der Waals surface area contributed by atoms with E-state index in [2.05, 4.69) is 12.5 Å². The summed E-state index contributed by atoms with van der Waals surface area (Å²) in [5.74, 6) is 1.78. The number of rotatable bonds is 3. The first-order valence-electron chi connectivity index (χ1n) is 5.54. The molecule has 19 heavy (non-hydrogen) atoms. The topological polar surface area (TPSA) is 74.3 Å². The van der Waals surface area contributed by atoms with Crippen LogP contribution in [0.4, 0.5) is 13.2 Å². The van der Waals surface area contributed by atoms with Crippen LogP contribution in [0.2, 0.25) is 0 Å². The third-order valence-electron chi connectivity index (χ3n) is 2.52. The Morgan fingerprint density at radius 3 is 1.89 bits per heavy atom. The van der Waals surface area contributed by atoms with Gasteiger partial charge in [0.1, 0.15) is 0 Å². The fourth-order valence-electron chi connectivity index (χ4n) is 1.65. The molecule has 0 amide bonds. The van der Waals surface area contributed by atoms with Gasteiger partial charge in [0.25, 0.3) is 0 Å². The smallest absolute Gasteiger partial charge is 0.485 e. The van der Waals surface area contributed by atoms with Crippen molar-refractivity contribution in [3.05, 3.63) is 0 Å². The summed E-state index contributed by atoms with van der Waals surface area (Å²) in [6.07, 6.45) is 9.17. The van der Waals surface area contributed by atoms with Gasteiger partial charge in [-0.3, -0.25) is 4.79 Å². The summed E-state index contributed by atoms with van der Waals surface area (Å²) in [5, 5.41) is 0. The molecule has 0 spiro atoms. The quantitative estimate of drug-likeness (QED) is 0.450. The molecule has 9 heteroatoms. The molecule has 1 saturated carbocycles. The fourth-order valence-corrected chi connectivity index (χ4v) is 2.45. The first kappa shape index (κ1) is 18.7. The van der Waals surface area contributed by atoms with Crippen molar-refractivity contribution < 1.29 is 30.9 Å². The molecule has 0 unspecified atom stereocenters. The van der Waals surface area contributed by atoms with E-state index in [4.69, 9.17) is 13.0 Å². The van der Waals surface area contributed by atoms with Crippen LogP contribution in [0.1, 0.15) is 25.7 Å². The molecule has 1 rings (SSSR count). The van der Waals surface area contributed by atoms with Gasteiger partial charge in [-0.05, 0) is 23.7 Å². The zero-order valence-electron chi connectivity index (χ0n) is 10.7. The minimum Gasteiger partial charge on any atom is -0.741 e. The zero-order chi connectivity index (χ0) is 15.3. The molecule has 1 aliphatic rings. The highest BCUT2D eigenvalue weighted by atomic mass is 32.2. The Bertz CT molecular complexity index is 384. The summed E-state index contributed by atoms with van der Waals surface area (Å²) >= 11 is 0. The van der Waals surface area contributed by atoms with E-state index in [9.17, 15) is 18.0 Å². The van der Waals surface area contributed by atoms with Crippen LogP contribution >= 0.6 is 0 Å². The first-order valence-corrected chi connectivity index (χ1v) is 9.16. The van der Waals surface area contributed by atoms with Crippen LogP contribution in [-0.4, -0.2) is 42.5 Å². The second-order valence-corrected chi connectivity index (χ2v) is 8.11. The fraction of sp³-hybridized carbons (Fsp3) is 0.900. The van der Waals surface area contributed by atoms with E-state index in [-0.39, 0.29) is 0 Å². The SMILES string of the molecule is C[S+](C)CC(=O)C1CCCC1.O=S(=O)([O-])C(F)(F)F. The zero-order valence-corrected chi connectivity index (χ0v) is 12.3. The molecule has 0 atom stereocenters. The van der Waals surface area contributed by atoms with Crippen LogP contribution in [0.3, 0.4) is 0 Å². The standard InChI is InChI=1S/C9H17OS.CHF3O3S/c1-11(2)7-9(10)8-5-3-4-6-8;2-1(3,4)8(5,6)7/h8H,3-7H2,1-2H3;(H,5,6,7)/q+1;/p-1. The molecule has 0 N–H and O–H groups in total. The Morgan fingerprint density at radius 2 is 1.63 bits per heavy atom. The van der Waals surface area contributed by atoms with E-state index in [1.165, 1.54) is 12.8 Å². The van der Waals surface area contributed by atoms with Gasteiger partial charge in [-0.1, -0.05) is 12.8 Å².